The minimum atomic E-state index is -0.331. The van der Waals surface area contributed by atoms with Crippen LogP contribution in [0.5, 0.6) is 0 Å². The fraction of sp³-hybridized carbons (Fsp3) is 0.545. The van der Waals surface area contributed by atoms with Gasteiger partial charge in [0.25, 0.3) is 11.5 Å². The van der Waals surface area contributed by atoms with E-state index in [0.29, 0.717) is 6.54 Å². The van der Waals surface area contributed by atoms with E-state index in [1.807, 2.05) is 0 Å². The predicted octanol–water partition coefficient (Wildman–Crippen LogP) is 0.0172. The first-order valence-corrected chi connectivity index (χ1v) is 5.74. The third kappa shape index (κ3) is 4.36. The maximum Gasteiger partial charge on any atom is 0.271 e. The molecule has 17 heavy (non-hydrogen) atoms. The van der Waals surface area contributed by atoms with Gasteiger partial charge in [0.2, 0.25) is 0 Å². The van der Waals surface area contributed by atoms with Crippen molar-refractivity contribution in [3.8, 4) is 0 Å². The Hall–Kier alpha value is -1.69. The molecule has 1 rings (SSSR count). The molecule has 4 N–H and O–H groups in total. The van der Waals surface area contributed by atoms with E-state index in [0.717, 1.165) is 19.3 Å². The summed E-state index contributed by atoms with van der Waals surface area (Å²) in [5.41, 5.74) is 5.43. The fourth-order valence-electron chi connectivity index (χ4n) is 1.43. The highest BCUT2D eigenvalue weighted by Gasteiger charge is 2.12. The van der Waals surface area contributed by atoms with Crippen molar-refractivity contribution < 1.29 is 4.79 Å². The van der Waals surface area contributed by atoms with Crippen molar-refractivity contribution in [2.24, 2.45) is 5.73 Å². The smallest absolute Gasteiger partial charge is 0.271 e. The number of hydrogen-bond acceptors (Lipinski definition) is 4. The highest BCUT2D eigenvalue weighted by Crippen LogP contribution is 2.00. The van der Waals surface area contributed by atoms with Gasteiger partial charge in [0, 0.05) is 18.7 Å². The van der Waals surface area contributed by atoms with Gasteiger partial charge >= 0.3 is 0 Å². The minimum Gasteiger partial charge on any atom is -0.347 e. The Bertz CT molecular complexity index is 396. The lowest BCUT2D eigenvalue weighted by Crippen LogP contribution is -2.40. The quantitative estimate of drug-likeness (QED) is 0.650. The number of nitrogens with zero attached hydrogens (tertiary/aromatic N) is 1. The van der Waals surface area contributed by atoms with E-state index in [1.165, 1.54) is 12.1 Å². The third-order valence-electron chi connectivity index (χ3n) is 2.44. The van der Waals surface area contributed by atoms with Crippen molar-refractivity contribution in [3.05, 3.63) is 28.2 Å². The molecular weight excluding hydrogens is 220 g/mol. The molecule has 94 valence electrons. The number of rotatable bonds is 6. The molecule has 0 radical (unpaired) electrons. The van der Waals surface area contributed by atoms with E-state index in [2.05, 4.69) is 22.4 Å². The van der Waals surface area contributed by atoms with Gasteiger partial charge in [-0.2, -0.15) is 5.10 Å². The van der Waals surface area contributed by atoms with Crippen LogP contribution in [0.25, 0.3) is 0 Å². The Balaban J connectivity index is 2.57. The standard InChI is InChI=1S/C11H18N4O2/c1-2-3-4-8(7-12)13-11(17)9-5-6-10(16)15-14-9/h5-6,8H,2-4,7,12H2,1H3,(H,13,17)(H,15,16). The van der Waals surface area contributed by atoms with Crippen LogP contribution >= 0.6 is 0 Å². The summed E-state index contributed by atoms with van der Waals surface area (Å²) >= 11 is 0. The molecule has 0 saturated carbocycles. The van der Waals surface area contributed by atoms with E-state index in [-0.39, 0.29) is 23.2 Å². The number of nitrogens with two attached hydrogens (primary N) is 1. The summed E-state index contributed by atoms with van der Waals surface area (Å²) in [6.45, 7) is 2.48. The topological polar surface area (TPSA) is 101 Å². The highest BCUT2D eigenvalue weighted by atomic mass is 16.2. The van der Waals surface area contributed by atoms with Gasteiger partial charge in [-0.3, -0.25) is 9.59 Å². The molecule has 0 aromatic carbocycles. The second kappa shape index (κ2) is 6.80. The molecule has 0 aliphatic carbocycles. The van der Waals surface area contributed by atoms with Gasteiger partial charge in [-0.15, -0.1) is 0 Å². The molecule has 0 aliphatic rings. The van der Waals surface area contributed by atoms with Crippen molar-refractivity contribution in [3.63, 3.8) is 0 Å². The van der Waals surface area contributed by atoms with Gasteiger partial charge < -0.3 is 11.1 Å². The molecule has 1 amide bonds. The van der Waals surface area contributed by atoms with Crippen LogP contribution in [0.1, 0.15) is 36.7 Å². The largest absolute Gasteiger partial charge is 0.347 e. The summed E-state index contributed by atoms with van der Waals surface area (Å²) in [4.78, 5) is 22.5. The lowest BCUT2D eigenvalue weighted by molar-refractivity contribution is 0.0929. The van der Waals surface area contributed by atoms with Crippen molar-refractivity contribution in [2.45, 2.75) is 32.2 Å². The maximum absolute atomic E-state index is 11.7. The van der Waals surface area contributed by atoms with Gasteiger partial charge in [0.15, 0.2) is 0 Å². The van der Waals surface area contributed by atoms with Crippen molar-refractivity contribution in [1.82, 2.24) is 15.5 Å². The van der Waals surface area contributed by atoms with Crippen LogP contribution in [0.2, 0.25) is 0 Å². The average molecular weight is 238 g/mol. The van der Waals surface area contributed by atoms with Crippen molar-refractivity contribution in [1.29, 1.82) is 0 Å². The summed E-state index contributed by atoms with van der Waals surface area (Å²) in [6, 6.07) is 2.61. The van der Waals surface area contributed by atoms with Crippen LogP contribution < -0.4 is 16.6 Å². The fourth-order valence-corrected chi connectivity index (χ4v) is 1.43. The second-order valence-electron chi connectivity index (χ2n) is 3.85. The van der Waals surface area contributed by atoms with Crippen molar-refractivity contribution >= 4 is 5.91 Å². The second-order valence-corrected chi connectivity index (χ2v) is 3.85. The zero-order valence-electron chi connectivity index (χ0n) is 9.90. The first kappa shape index (κ1) is 13.4. The van der Waals surface area contributed by atoms with E-state index >= 15 is 0 Å². The van der Waals surface area contributed by atoms with Crippen LogP contribution in [0.15, 0.2) is 16.9 Å². The third-order valence-corrected chi connectivity index (χ3v) is 2.44. The Morgan fingerprint density at radius 2 is 2.35 bits per heavy atom. The number of carbonyl (C=O) groups is 1. The van der Waals surface area contributed by atoms with Gasteiger partial charge in [-0.25, -0.2) is 5.10 Å². The zero-order valence-corrected chi connectivity index (χ0v) is 9.90. The molecular formula is C11H18N4O2. The van der Waals surface area contributed by atoms with Gasteiger partial charge in [-0.05, 0) is 12.5 Å². The Kier molecular flexibility index (Phi) is 5.35. The number of nitrogens with one attached hydrogen (secondary N) is 2. The van der Waals surface area contributed by atoms with Crippen LogP contribution in [-0.4, -0.2) is 28.7 Å². The summed E-state index contributed by atoms with van der Waals surface area (Å²) in [6.07, 6.45) is 2.92. The van der Waals surface area contributed by atoms with Crippen LogP contribution in [-0.2, 0) is 0 Å². The van der Waals surface area contributed by atoms with E-state index in [1.54, 1.807) is 0 Å². The van der Waals surface area contributed by atoms with E-state index < -0.39 is 0 Å². The van der Waals surface area contributed by atoms with Gasteiger partial charge in [0.05, 0.1) is 0 Å². The molecule has 0 saturated heterocycles. The molecule has 0 fully saturated rings. The first-order valence-electron chi connectivity index (χ1n) is 5.74. The first-order chi connectivity index (χ1) is 8.17. The molecule has 1 atom stereocenters. The molecule has 1 heterocycles. The molecule has 6 heteroatoms. The molecule has 6 nitrogen and oxygen atoms in total. The molecule has 0 aliphatic heterocycles. The van der Waals surface area contributed by atoms with Crippen LogP contribution in [0.3, 0.4) is 0 Å². The summed E-state index contributed by atoms with van der Waals surface area (Å²) in [5, 5.41) is 8.66. The number of aromatic nitrogens is 2. The van der Waals surface area contributed by atoms with Gasteiger partial charge in [0.1, 0.15) is 5.69 Å². The minimum absolute atomic E-state index is 0.0452. The van der Waals surface area contributed by atoms with Gasteiger partial charge in [-0.1, -0.05) is 19.8 Å². The average Bonchev–Trinajstić information content (AvgIpc) is 2.35. The number of aromatic amines is 1. The summed E-state index contributed by atoms with van der Waals surface area (Å²) in [7, 11) is 0. The number of H-pyrrole nitrogens is 1. The lowest BCUT2D eigenvalue weighted by atomic mass is 10.1. The predicted molar refractivity (Wildman–Crippen MR) is 64.7 cm³/mol. The number of hydrogen-bond donors (Lipinski definition) is 3. The summed E-state index contributed by atoms with van der Waals surface area (Å²) < 4.78 is 0. The zero-order chi connectivity index (χ0) is 12.7. The Labute approximate surface area is 99.6 Å². The summed E-state index contributed by atoms with van der Waals surface area (Å²) in [5.74, 6) is -0.312. The maximum atomic E-state index is 11.7. The number of carbonyl (C=O) groups excluding carboxylic acids is 1. The van der Waals surface area contributed by atoms with Crippen LogP contribution in [0, 0.1) is 0 Å². The molecule has 1 aromatic heterocycles. The SMILES string of the molecule is CCCCC(CN)NC(=O)c1ccc(=O)[nH]n1. The van der Waals surface area contributed by atoms with Crippen LogP contribution in [0.4, 0.5) is 0 Å². The molecule has 0 spiro atoms. The number of amides is 1. The highest BCUT2D eigenvalue weighted by molar-refractivity contribution is 5.92. The Morgan fingerprint density at radius 3 is 2.88 bits per heavy atom. The van der Waals surface area contributed by atoms with Crippen molar-refractivity contribution in [2.75, 3.05) is 6.54 Å². The lowest BCUT2D eigenvalue weighted by Gasteiger charge is -2.15. The molecule has 1 aromatic rings. The monoisotopic (exact) mass is 238 g/mol. The Morgan fingerprint density at radius 1 is 1.59 bits per heavy atom. The molecule has 1 unspecified atom stereocenters. The molecule has 0 bridgehead atoms. The normalized spacial score (nSPS) is 12.1. The van der Waals surface area contributed by atoms with E-state index in [4.69, 9.17) is 5.73 Å². The van der Waals surface area contributed by atoms with E-state index in [9.17, 15) is 9.59 Å². The number of unbranched alkanes of at least 4 members (excludes halogenated alkanes) is 1.